The van der Waals surface area contributed by atoms with Crippen molar-refractivity contribution in [3.63, 3.8) is 0 Å². The third-order valence-corrected chi connectivity index (χ3v) is 6.73. The number of hydrogen-bond acceptors (Lipinski definition) is 5. The second-order valence-electron chi connectivity index (χ2n) is 9.58. The Morgan fingerprint density at radius 1 is 0.794 bits per heavy atom. The molecule has 3 rings (SSSR count). The van der Waals surface area contributed by atoms with Gasteiger partial charge in [-0.25, -0.2) is 0 Å². The van der Waals surface area contributed by atoms with Crippen molar-refractivity contribution in [3.8, 4) is 11.4 Å². The number of likely N-dealkylation sites (N-methyl/N-ethyl adjacent to an activating group) is 1. The summed E-state index contributed by atoms with van der Waals surface area (Å²) in [5, 5.41) is 3.04. The van der Waals surface area contributed by atoms with Crippen LogP contribution in [0.4, 0.5) is 0 Å². The smallest absolute Gasteiger partial charge is 0.251 e. The minimum absolute atomic E-state index is 0.0350. The zero-order valence-corrected chi connectivity index (χ0v) is 21.1. The standard InChI is InChI=1S/C28H43N5O/c1-32-20-22-33(23-21-32)19-13-9-7-5-3-2-4-6-8-11-17-31-28(34)25-15-18-30-27(24-25)26-14-10-12-16-29-26/h10,12,14-16,18,24H,2-9,11,13,17,19-23H2,1H3,(H,31,34). The van der Waals surface area contributed by atoms with Crippen molar-refractivity contribution in [1.82, 2.24) is 25.1 Å². The Kier molecular flexibility index (Phi) is 12.0. The molecule has 3 heterocycles. The molecule has 6 heteroatoms. The van der Waals surface area contributed by atoms with E-state index >= 15 is 0 Å². The summed E-state index contributed by atoms with van der Waals surface area (Å²) in [6.45, 7) is 6.97. The maximum absolute atomic E-state index is 12.4. The molecule has 6 nitrogen and oxygen atoms in total. The lowest BCUT2D eigenvalue weighted by atomic mass is 10.1. The van der Waals surface area contributed by atoms with E-state index in [4.69, 9.17) is 0 Å². The highest BCUT2D eigenvalue weighted by atomic mass is 16.1. The molecule has 0 saturated carbocycles. The minimum Gasteiger partial charge on any atom is -0.352 e. The van der Waals surface area contributed by atoms with Gasteiger partial charge >= 0.3 is 0 Å². The van der Waals surface area contributed by atoms with Gasteiger partial charge in [-0.3, -0.25) is 14.8 Å². The first kappa shape index (κ1) is 26.3. The van der Waals surface area contributed by atoms with Crippen LogP contribution < -0.4 is 5.32 Å². The van der Waals surface area contributed by atoms with Gasteiger partial charge in [0.15, 0.2) is 0 Å². The van der Waals surface area contributed by atoms with Crippen molar-refractivity contribution in [3.05, 3.63) is 48.3 Å². The molecule has 0 unspecified atom stereocenters. The Hall–Kier alpha value is -2.31. The predicted molar refractivity (Wildman–Crippen MR) is 140 cm³/mol. The molecule has 2 aromatic heterocycles. The SMILES string of the molecule is CN1CCN(CCCCCCCCCCCCNC(=O)c2ccnc(-c3ccccn3)c2)CC1. The Bertz CT molecular complexity index is 821. The molecule has 1 aliphatic rings. The summed E-state index contributed by atoms with van der Waals surface area (Å²) >= 11 is 0. The number of nitrogens with zero attached hydrogens (tertiary/aromatic N) is 4. The van der Waals surface area contributed by atoms with Gasteiger partial charge in [0.25, 0.3) is 5.91 Å². The first-order chi connectivity index (χ1) is 16.7. The van der Waals surface area contributed by atoms with E-state index in [9.17, 15) is 4.79 Å². The number of rotatable bonds is 15. The molecule has 0 bridgehead atoms. The second kappa shape index (κ2) is 15.6. The number of aromatic nitrogens is 2. The van der Waals surface area contributed by atoms with Gasteiger partial charge < -0.3 is 15.1 Å². The Balaban J connectivity index is 1.13. The van der Waals surface area contributed by atoms with Gasteiger partial charge in [0.05, 0.1) is 11.4 Å². The Labute approximate surface area is 206 Å². The van der Waals surface area contributed by atoms with Crippen molar-refractivity contribution in [2.75, 3.05) is 46.3 Å². The van der Waals surface area contributed by atoms with Gasteiger partial charge in [0.1, 0.15) is 0 Å². The summed E-state index contributed by atoms with van der Waals surface area (Å²) in [6.07, 6.45) is 16.4. The molecule has 1 fully saturated rings. The number of carbonyl (C=O) groups is 1. The molecule has 1 aliphatic heterocycles. The van der Waals surface area contributed by atoms with Crippen molar-refractivity contribution in [2.45, 2.75) is 64.2 Å². The van der Waals surface area contributed by atoms with E-state index in [1.807, 2.05) is 24.3 Å². The molecular formula is C28H43N5O. The van der Waals surface area contributed by atoms with Crippen LogP contribution in [0.25, 0.3) is 11.4 Å². The van der Waals surface area contributed by atoms with Gasteiger partial charge in [-0.15, -0.1) is 0 Å². The van der Waals surface area contributed by atoms with Crippen LogP contribution >= 0.6 is 0 Å². The summed E-state index contributed by atoms with van der Waals surface area (Å²) in [5.41, 5.74) is 2.14. The number of amides is 1. The van der Waals surface area contributed by atoms with Crippen LogP contribution in [0.3, 0.4) is 0 Å². The second-order valence-corrected chi connectivity index (χ2v) is 9.58. The number of hydrogen-bond donors (Lipinski definition) is 1. The molecule has 34 heavy (non-hydrogen) atoms. The minimum atomic E-state index is -0.0350. The fraction of sp³-hybridized carbons (Fsp3) is 0.607. The first-order valence-electron chi connectivity index (χ1n) is 13.3. The predicted octanol–water partition coefficient (Wildman–Crippen LogP) is 5.02. The van der Waals surface area contributed by atoms with Crippen LogP contribution in [0.15, 0.2) is 42.7 Å². The summed E-state index contributed by atoms with van der Waals surface area (Å²) in [6, 6.07) is 9.27. The van der Waals surface area contributed by atoms with E-state index in [0.29, 0.717) is 5.56 Å². The van der Waals surface area contributed by atoms with Crippen LogP contribution in [0.5, 0.6) is 0 Å². The van der Waals surface area contributed by atoms with Crippen LogP contribution in [0.2, 0.25) is 0 Å². The van der Waals surface area contributed by atoms with Crippen molar-refractivity contribution < 1.29 is 4.79 Å². The maximum Gasteiger partial charge on any atom is 0.251 e. The van der Waals surface area contributed by atoms with E-state index in [1.54, 1.807) is 18.5 Å². The summed E-state index contributed by atoms with van der Waals surface area (Å²) in [7, 11) is 2.22. The van der Waals surface area contributed by atoms with Gasteiger partial charge in [-0.05, 0) is 50.7 Å². The quantitative estimate of drug-likeness (QED) is 0.374. The zero-order valence-electron chi connectivity index (χ0n) is 21.1. The molecule has 2 aromatic rings. The van der Waals surface area contributed by atoms with Gasteiger partial charge in [-0.1, -0.05) is 57.4 Å². The lowest BCUT2D eigenvalue weighted by molar-refractivity contribution is 0.0953. The number of pyridine rings is 2. The molecule has 1 saturated heterocycles. The molecular weight excluding hydrogens is 422 g/mol. The lowest BCUT2D eigenvalue weighted by Crippen LogP contribution is -2.44. The number of carbonyl (C=O) groups excluding carboxylic acids is 1. The average molecular weight is 466 g/mol. The molecule has 1 amide bonds. The monoisotopic (exact) mass is 465 g/mol. The molecule has 186 valence electrons. The molecule has 0 radical (unpaired) electrons. The lowest BCUT2D eigenvalue weighted by Gasteiger charge is -2.32. The highest BCUT2D eigenvalue weighted by Gasteiger charge is 2.12. The fourth-order valence-corrected chi connectivity index (χ4v) is 4.48. The van der Waals surface area contributed by atoms with E-state index in [0.717, 1.165) is 24.4 Å². The van der Waals surface area contributed by atoms with Gasteiger partial charge in [0, 0.05) is 50.7 Å². The van der Waals surface area contributed by atoms with Crippen LogP contribution in [0.1, 0.15) is 74.6 Å². The maximum atomic E-state index is 12.4. The average Bonchev–Trinajstić information content (AvgIpc) is 2.88. The van der Waals surface area contributed by atoms with Crippen molar-refractivity contribution >= 4 is 5.91 Å². The normalized spacial score (nSPS) is 14.9. The molecule has 0 aromatic carbocycles. The Morgan fingerprint density at radius 3 is 2.12 bits per heavy atom. The van der Waals surface area contributed by atoms with E-state index in [-0.39, 0.29) is 5.91 Å². The third kappa shape index (κ3) is 9.90. The van der Waals surface area contributed by atoms with Crippen molar-refractivity contribution in [2.24, 2.45) is 0 Å². The van der Waals surface area contributed by atoms with Gasteiger partial charge in [-0.2, -0.15) is 0 Å². The van der Waals surface area contributed by atoms with Crippen LogP contribution in [-0.4, -0.2) is 72.0 Å². The largest absolute Gasteiger partial charge is 0.352 e. The fourth-order valence-electron chi connectivity index (χ4n) is 4.48. The van der Waals surface area contributed by atoms with E-state index in [1.165, 1.54) is 90.5 Å². The summed E-state index contributed by atoms with van der Waals surface area (Å²) in [5.74, 6) is -0.0350. The highest BCUT2D eigenvalue weighted by molar-refractivity contribution is 5.94. The number of unbranched alkanes of at least 4 members (excludes halogenated alkanes) is 9. The summed E-state index contributed by atoms with van der Waals surface area (Å²) in [4.78, 5) is 26.1. The molecule has 0 aliphatic carbocycles. The topological polar surface area (TPSA) is 61.4 Å². The zero-order chi connectivity index (χ0) is 23.8. The third-order valence-electron chi connectivity index (χ3n) is 6.73. The first-order valence-corrected chi connectivity index (χ1v) is 13.3. The Morgan fingerprint density at radius 2 is 1.44 bits per heavy atom. The van der Waals surface area contributed by atoms with Gasteiger partial charge in [0.2, 0.25) is 0 Å². The number of piperazine rings is 1. The van der Waals surface area contributed by atoms with E-state index in [2.05, 4.69) is 32.1 Å². The molecule has 0 spiro atoms. The molecule has 0 atom stereocenters. The van der Waals surface area contributed by atoms with E-state index < -0.39 is 0 Å². The summed E-state index contributed by atoms with van der Waals surface area (Å²) < 4.78 is 0. The molecule has 1 N–H and O–H groups in total. The number of nitrogens with one attached hydrogen (secondary N) is 1. The van der Waals surface area contributed by atoms with Crippen molar-refractivity contribution in [1.29, 1.82) is 0 Å². The van der Waals surface area contributed by atoms with Crippen LogP contribution in [-0.2, 0) is 0 Å². The highest BCUT2D eigenvalue weighted by Crippen LogP contribution is 2.15. The van der Waals surface area contributed by atoms with Crippen LogP contribution in [0, 0.1) is 0 Å².